The summed E-state index contributed by atoms with van der Waals surface area (Å²) in [4.78, 5) is 23.5. The van der Waals surface area contributed by atoms with Crippen LogP contribution in [0.2, 0.25) is 0 Å². The highest BCUT2D eigenvalue weighted by Crippen LogP contribution is 2.18. The third-order valence-electron chi connectivity index (χ3n) is 2.95. The van der Waals surface area contributed by atoms with Crippen LogP contribution >= 0.6 is 12.6 Å². The lowest BCUT2D eigenvalue weighted by Gasteiger charge is -2.04. The van der Waals surface area contributed by atoms with E-state index in [0.717, 1.165) is 16.5 Å². The normalized spacial score (nSPS) is 13.0. The topological polar surface area (TPSA) is 142 Å². The first kappa shape index (κ1) is 18.0. The van der Waals surface area contributed by atoms with Crippen LogP contribution in [0.1, 0.15) is 5.56 Å². The minimum atomic E-state index is -1.00. The standard InChI is InChI=1S/C11H12N2O2.C3H7NO2S/c12-9(11(14)15)5-7-6-13-10-4-2-1-3-8(7)10;4-2(1-7)3(5)6/h1-4,6,9,13H,5,12H2,(H,14,15);2,7H,1,4H2,(H,5,6)/t9-;2-/m00/s1. The Kier molecular flexibility index (Phi) is 6.90. The highest BCUT2D eigenvalue weighted by Gasteiger charge is 2.14. The van der Waals surface area contributed by atoms with E-state index in [1.165, 1.54) is 0 Å². The smallest absolute Gasteiger partial charge is 0.321 e. The van der Waals surface area contributed by atoms with Crippen molar-refractivity contribution in [2.75, 3.05) is 5.75 Å². The van der Waals surface area contributed by atoms with Crippen LogP contribution in [0.15, 0.2) is 30.5 Å². The molecule has 1 heterocycles. The molecule has 2 aromatic rings. The number of para-hydroxylation sites is 1. The van der Waals surface area contributed by atoms with Gasteiger partial charge in [0.2, 0.25) is 0 Å². The molecular weight excluding hydrogens is 306 g/mol. The molecule has 7 nitrogen and oxygen atoms in total. The number of fused-ring (bicyclic) bond motifs is 1. The Morgan fingerprint density at radius 2 is 1.73 bits per heavy atom. The summed E-state index contributed by atoms with van der Waals surface area (Å²) >= 11 is 3.65. The summed E-state index contributed by atoms with van der Waals surface area (Å²) in [6.07, 6.45) is 2.16. The summed E-state index contributed by atoms with van der Waals surface area (Å²) < 4.78 is 0. The fourth-order valence-corrected chi connectivity index (χ4v) is 1.86. The van der Waals surface area contributed by atoms with Gasteiger partial charge in [-0.1, -0.05) is 18.2 Å². The molecule has 120 valence electrons. The van der Waals surface area contributed by atoms with E-state index in [0.29, 0.717) is 6.42 Å². The highest BCUT2D eigenvalue weighted by atomic mass is 32.1. The Hall–Kier alpha value is -2.03. The second kappa shape index (κ2) is 8.42. The molecule has 1 aromatic heterocycles. The quantitative estimate of drug-likeness (QED) is 0.441. The van der Waals surface area contributed by atoms with Crippen molar-refractivity contribution in [3.63, 3.8) is 0 Å². The Labute approximate surface area is 132 Å². The molecule has 8 heteroatoms. The third kappa shape index (κ3) is 5.06. The summed E-state index contributed by atoms with van der Waals surface area (Å²) in [5.74, 6) is -1.79. The second-order valence-corrected chi connectivity index (χ2v) is 5.00. The molecule has 0 saturated heterocycles. The van der Waals surface area contributed by atoms with Crippen LogP contribution in [0, 0.1) is 0 Å². The van der Waals surface area contributed by atoms with Crippen LogP contribution < -0.4 is 11.5 Å². The van der Waals surface area contributed by atoms with E-state index in [-0.39, 0.29) is 5.75 Å². The van der Waals surface area contributed by atoms with Crippen LogP contribution in [0.3, 0.4) is 0 Å². The lowest BCUT2D eigenvalue weighted by Crippen LogP contribution is -2.32. The van der Waals surface area contributed by atoms with Gasteiger partial charge in [-0.05, 0) is 11.6 Å². The molecule has 0 bridgehead atoms. The molecule has 0 spiro atoms. The fraction of sp³-hybridized carbons (Fsp3) is 0.286. The molecule has 0 saturated carbocycles. The average molecular weight is 325 g/mol. The van der Waals surface area contributed by atoms with Crippen molar-refractivity contribution in [3.8, 4) is 0 Å². The van der Waals surface area contributed by atoms with Crippen molar-refractivity contribution in [2.24, 2.45) is 11.5 Å². The third-order valence-corrected chi connectivity index (χ3v) is 3.34. The molecule has 0 aliphatic rings. The first-order valence-electron chi connectivity index (χ1n) is 6.49. The van der Waals surface area contributed by atoms with Crippen LogP contribution in [0.5, 0.6) is 0 Å². The molecule has 2 rings (SSSR count). The largest absolute Gasteiger partial charge is 0.480 e. The van der Waals surface area contributed by atoms with E-state index < -0.39 is 24.0 Å². The van der Waals surface area contributed by atoms with E-state index in [4.69, 9.17) is 21.7 Å². The number of benzene rings is 1. The van der Waals surface area contributed by atoms with Crippen molar-refractivity contribution in [3.05, 3.63) is 36.0 Å². The summed E-state index contributed by atoms with van der Waals surface area (Å²) in [5.41, 5.74) is 12.4. The van der Waals surface area contributed by atoms with Gasteiger partial charge in [-0.15, -0.1) is 0 Å². The number of carboxylic acids is 2. The Balaban J connectivity index is 0.000000295. The van der Waals surface area contributed by atoms with Gasteiger partial charge in [0.1, 0.15) is 12.1 Å². The van der Waals surface area contributed by atoms with Gasteiger partial charge in [0.05, 0.1) is 0 Å². The van der Waals surface area contributed by atoms with Crippen molar-refractivity contribution in [1.82, 2.24) is 4.98 Å². The predicted octanol–water partition coefficient (Wildman–Crippen LogP) is 0.450. The number of nitrogens with one attached hydrogen (secondary N) is 1. The number of hydrogen-bond acceptors (Lipinski definition) is 5. The number of aliphatic carboxylic acids is 2. The summed E-state index contributed by atoms with van der Waals surface area (Å²) in [6.45, 7) is 0. The summed E-state index contributed by atoms with van der Waals surface area (Å²) in [6, 6.07) is 6.10. The lowest BCUT2D eigenvalue weighted by atomic mass is 10.1. The minimum absolute atomic E-state index is 0.190. The van der Waals surface area contributed by atoms with E-state index in [9.17, 15) is 9.59 Å². The Morgan fingerprint density at radius 3 is 2.23 bits per heavy atom. The molecule has 0 aliphatic carbocycles. The summed E-state index contributed by atoms with van der Waals surface area (Å²) in [7, 11) is 0. The van der Waals surface area contributed by atoms with E-state index in [1.807, 2.05) is 30.5 Å². The maximum atomic E-state index is 10.6. The zero-order valence-electron chi connectivity index (χ0n) is 11.8. The summed E-state index contributed by atoms with van der Waals surface area (Å²) in [5, 5.41) is 17.8. The van der Waals surface area contributed by atoms with Gasteiger partial charge in [-0.3, -0.25) is 9.59 Å². The number of carboxylic acid groups (broad SMARTS) is 2. The van der Waals surface area contributed by atoms with Gasteiger partial charge in [-0.25, -0.2) is 0 Å². The zero-order valence-corrected chi connectivity index (χ0v) is 12.7. The Morgan fingerprint density at radius 1 is 1.14 bits per heavy atom. The van der Waals surface area contributed by atoms with Gasteiger partial charge in [-0.2, -0.15) is 12.6 Å². The van der Waals surface area contributed by atoms with Crippen molar-refractivity contribution >= 4 is 35.5 Å². The van der Waals surface area contributed by atoms with Crippen molar-refractivity contribution < 1.29 is 19.8 Å². The van der Waals surface area contributed by atoms with Gasteiger partial charge < -0.3 is 26.7 Å². The highest BCUT2D eigenvalue weighted by molar-refractivity contribution is 7.80. The maximum absolute atomic E-state index is 10.6. The number of rotatable bonds is 5. The minimum Gasteiger partial charge on any atom is -0.480 e. The van der Waals surface area contributed by atoms with E-state index in [2.05, 4.69) is 17.6 Å². The number of aromatic nitrogens is 1. The van der Waals surface area contributed by atoms with Crippen molar-refractivity contribution in [2.45, 2.75) is 18.5 Å². The van der Waals surface area contributed by atoms with Gasteiger partial charge in [0.15, 0.2) is 0 Å². The predicted molar refractivity (Wildman–Crippen MR) is 87.1 cm³/mol. The number of carbonyl (C=O) groups is 2. The molecule has 0 radical (unpaired) electrons. The lowest BCUT2D eigenvalue weighted by molar-refractivity contribution is -0.139. The maximum Gasteiger partial charge on any atom is 0.321 e. The molecule has 0 amide bonds. The molecule has 0 fully saturated rings. The number of thiol groups is 1. The molecule has 22 heavy (non-hydrogen) atoms. The fourth-order valence-electron chi connectivity index (χ4n) is 1.70. The molecule has 2 atom stereocenters. The van der Waals surface area contributed by atoms with Crippen LogP contribution in [-0.2, 0) is 16.0 Å². The number of nitrogens with two attached hydrogens (primary N) is 2. The molecule has 0 unspecified atom stereocenters. The van der Waals surface area contributed by atoms with E-state index >= 15 is 0 Å². The average Bonchev–Trinajstić information content (AvgIpc) is 2.90. The second-order valence-electron chi connectivity index (χ2n) is 4.64. The molecular formula is C14H19N3O4S. The monoisotopic (exact) mass is 325 g/mol. The first-order valence-corrected chi connectivity index (χ1v) is 7.12. The van der Waals surface area contributed by atoms with E-state index in [1.54, 1.807) is 0 Å². The Bertz CT molecular complexity index is 644. The molecule has 0 aliphatic heterocycles. The van der Waals surface area contributed by atoms with Crippen LogP contribution in [0.25, 0.3) is 10.9 Å². The van der Waals surface area contributed by atoms with Crippen LogP contribution in [0.4, 0.5) is 0 Å². The van der Waals surface area contributed by atoms with Gasteiger partial charge in [0.25, 0.3) is 0 Å². The first-order chi connectivity index (χ1) is 10.4. The molecule has 7 N–H and O–H groups in total. The van der Waals surface area contributed by atoms with Crippen LogP contribution in [-0.4, -0.2) is 45.0 Å². The van der Waals surface area contributed by atoms with Gasteiger partial charge >= 0.3 is 11.9 Å². The number of hydrogen-bond donors (Lipinski definition) is 6. The SMILES string of the molecule is N[C@@H](CS)C(=O)O.N[C@@H](Cc1c[nH]c2ccccc12)C(=O)O. The molecule has 1 aromatic carbocycles. The van der Waals surface area contributed by atoms with Crippen molar-refractivity contribution in [1.29, 1.82) is 0 Å². The number of aromatic amines is 1. The zero-order chi connectivity index (χ0) is 16.7. The number of H-pyrrole nitrogens is 1. The van der Waals surface area contributed by atoms with Gasteiger partial charge in [0, 0.05) is 29.3 Å².